The summed E-state index contributed by atoms with van der Waals surface area (Å²) in [6.07, 6.45) is 4.11. The second kappa shape index (κ2) is 5.67. The van der Waals surface area contributed by atoms with Crippen LogP contribution in [0.1, 0.15) is 24.0 Å². The Kier molecular flexibility index (Phi) is 3.74. The topological polar surface area (TPSA) is 54.3 Å². The average molecular weight is 272 g/mol. The fraction of sp³-hybridized carbons (Fsp3) is 0.438. The van der Waals surface area contributed by atoms with Gasteiger partial charge < -0.3 is 15.1 Å². The first-order valence-corrected chi connectivity index (χ1v) is 7.19. The van der Waals surface area contributed by atoms with Gasteiger partial charge in [-0.05, 0) is 45.0 Å². The minimum absolute atomic E-state index is 0.0844. The molecule has 3 rings (SSSR count). The first-order chi connectivity index (χ1) is 9.72. The number of fused-ring (bicyclic) bond motifs is 1. The Balaban J connectivity index is 1.69. The largest absolute Gasteiger partial charge is 0.464 e. The molecule has 0 radical (unpaired) electrons. The highest BCUT2D eigenvalue weighted by atomic mass is 16.3. The van der Waals surface area contributed by atoms with Gasteiger partial charge in [0.2, 0.25) is 5.91 Å². The summed E-state index contributed by atoms with van der Waals surface area (Å²) in [5.41, 5.74) is 2.99. The van der Waals surface area contributed by atoms with E-state index in [1.54, 1.807) is 6.26 Å². The molecule has 0 bridgehead atoms. The SMILES string of the molecule is Cc1ccc2occ(CC(=O)NC3CCNCC3)c2c1. The van der Waals surface area contributed by atoms with Gasteiger partial charge in [-0.25, -0.2) is 0 Å². The number of benzene rings is 1. The molecule has 0 atom stereocenters. The maximum absolute atomic E-state index is 12.1. The maximum Gasteiger partial charge on any atom is 0.224 e. The molecule has 1 aliphatic heterocycles. The van der Waals surface area contributed by atoms with Crippen LogP contribution in [0, 0.1) is 6.92 Å². The van der Waals surface area contributed by atoms with Gasteiger partial charge in [0.05, 0.1) is 12.7 Å². The van der Waals surface area contributed by atoms with Crippen molar-refractivity contribution in [2.75, 3.05) is 13.1 Å². The van der Waals surface area contributed by atoms with Gasteiger partial charge >= 0.3 is 0 Å². The zero-order valence-corrected chi connectivity index (χ0v) is 11.7. The normalized spacial score (nSPS) is 16.4. The molecular formula is C16H20N2O2. The molecule has 1 amide bonds. The third-order valence-electron chi connectivity index (χ3n) is 3.86. The molecule has 20 heavy (non-hydrogen) atoms. The minimum atomic E-state index is 0.0844. The van der Waals surface area contributed by atoms with Crippen LogP contribution < -0.4 is 10.6 Å². The van der Waals surface area contributed by atoms with Crippen molar-refractivity contribution in [2.24, 2.45) is 0 Å². The Morgan fingerprint density at radius 3 is 3.00 bits per heavy atom. The third-order valence-corrected chi connectivity index (χ3v) is 3.86. The van der Waals surface area contributed by atoms with Crippen molar-refractivity contribution in [1.82, 2.24) is 10.6 Å². The smallest absolute Gasteiger partial charge is 0.224 e. The van der Waals surface area contributed by atoms with E-state index in [-0.39, 0.29) is 5.91 Å². The Hall–Kier alpha value is -1.81. The Labute approximate surface area is 118 Å². The molecule has 1 aliphatic rings. The predicted octanol–water partition coefficient (Wildman–Crippen LogP) is 2.15. The van der Waals surface area contributed by atoms with Crippen molar-refractivity contribution < 1.29 is 9.21 Å². The standard InChI is InChI=1S/C16H20N2O2/c1-11-2-3-15-14(8-11)12(10-20-15)9-16(19)18-13-4-6-17-7-5-13/h2-3,8,10,13,17H,4-7,9H2,1H3,(H,18,19). The van der Waals surface area contributed by atoms with Gasteiger partial charge in [-0.15, -0.1) is 0 Å². The lowest BCUT2D eigenvalue weighted by Crippen LogP contribution is -2.43. The van der Waals surface area contributed by atoms with E-state index in [0.717, 1.165) is 42.5 Å². The summed E-state index contributed by atoms with van der Waals surface area (Å²) in [4.78, 5) is 12.1. The highest BCUT2D eigenvalue weighted by molar-refractivity contribution is 5.88. The molecular weight excluding hydrogens is 252 g/mol. The molecule has 4 nitrogen and oxygen atoms in total. The summed E-state index contributed by atoms with van der Waals surface area (Å²) < 4.78 is 5.50. The van der Waals surface area contributed by atoms with Crippen molar-refractivity contribution in [3.8, 4) is 0 Å². The number of nitrogens with one attached hydrogen (secondary N) is 2. The molecule has 0 aliphatic carbocycles. The van der Waals surface area contributed by atoms with Crippen LogP contribution in [0.5, 0.6) is 0 Å². The van der Waals surface area contributed by atoms with E-state index < -0.39 is 0 Å². The Morgan fingerprint density at radius 2 is 2.20 bits per heavy atom. The molecule has 2 aromatic rings. The van der Waals surface area contributed by atoms with E-state index in [0.29, 0.717) is 12.5 Å². The molecule has 1 saturated heterocycles. The van der Waals surface area contributed by atoms with E-state index in [9.17, 15) is 4.79 Å². The van der Waals surface area contributed by atoms with Crippen LogP contribution in [0.25, 0.3) is 11.0 Å². The third kappa shape index (κ3) is 2.85. The summed E-state index contributed by atoms with van der Waals surface area (Å²) in [7, 11) is 0. The van der Waals surface area contributed by atoms with Gasteiger partial charge in [0.15, 0.2) is 0 Å². The molecule has 2 heterocycles. The van der Waals surface area contributed by atoms with Crippen molar-refractivity contribution in [1.29, 1.82) is 0 Å². The fourth-order valence-corrected chi connectivity index (χ4v) is 2.75. The van der Waals surface area contributed by atoms with Crippen molar-refractivity contribution in [2.45, 2.75) is 32.2 Å². The Morgan fingerprint density at radius 1 is 1.40 bits per heavy atom. The van der Waals surface area contributed by atoms with E-state index in [1.807, 2.05) is 19.1 Å². The van der Waals surface area contributed by atoms with Gasteiger partial charge in [0.25, 0.3) is 0 Å². The van der Waals surface area contributed by atoms with Crippen LogP contribution in [-0.2, 0) is 11.2 Å². The minimum Gasteiger partial charge on any atom is -0.464 e. The second-order valence-corrected chi connectivity index (χ2v) is 5.53. The molecule has 4 heteroatoms. The second-order valence-electron chi connectivity index (χ2n) is 5.53. The maximum atomic E-state index is 12.1. The lowest BCUT2D eigenvalue weighted by Gasteiger charge is -2.23. The van der Waals surface area contributed by atoms with Crippen molar-refractivity contribution in [3.63, 3.8) is 0 Å². The summed E-state index contributed by atoms with van der Waals surface area (Å²) in [6.45, 7) is 4.02. The highest BCUT2D eigenvalue weighted by Crippen LogP contribution is 2.22. The molecule has 0 saturated carbocycles. The number of carbonyl (C=O) groups excluding carboxylic acids is 1. The first-order valence-electron chi connectivity index (χ1n) is 7.19. The monoisotopic (exact) mass is 272 g/mol. The van der Waals surface area contributed by atoms with Crippen LogP contribution in [0.15, 0.2) is 28.9 Å². The quantitative estimate of drug-likeness (QED) is 0.900. The molecule has 0 spiro atoms. The van der Waals surface area contributed by atoms with Gasteiger partial charge in [0.1, 0.15) is 5.58 Å². The number of piperidine rings is 1. The van der Waals surface area contributed by atoms with Crippen LogP contribution in [-0.4, -0.2) is 25.0 Å². The van der Waals surface area contributed by atoms with Crippen LogP contribution in [0.4, 0.5) is 0 Å². The lowest BCUT2D eigenvalue weighted by molar-refractivity contribution is -0.121. The zero-order valence-electron chi connectivity index (χ0n) is 11.7. The fourth-order valence-electron chi connectivity index (χ4n) is 2.75. The van der Waals surface area contributed by atoms with Gasteiger partial charge in [0, 0.05) is 17.0 Å². The van der Waals surface area contributed by atoms with E-state index >= 15 is 0 Å². The van der Waals surface area contributed by atoms with Gasteiger partial charge in [-0.1, -0.05) is 11.6 Å². The lowest BCUT2D eigenvalue weighted by atomic mass is 10.0. The highest BCUT2D eigenvalue weighted by Gasteiger charge is 2.17. The number of aryl methyl sites for hydroxylation is 1. The number of hydrogen-bond acceptors (Lipinski definition) is 3. The van der Waals surface area contributed by atoms with Gasteiger partial charge in [-0.2, -0.15) is 0 Å². The predicted molar refractivity (Wildman–Crippen MR) is 78.7 cm³/mol. The van der Waals surface area contributed by atoms with E-state index in [2.05, 4.69) is 16.7 Å². The summed E-state index contributed by atoms with van der Waals surface area (Å²) in [6, 6.07) is 6.36. The first kappa shape index (κ1) is 13.2. The van der Waals surface area contributed by atoms with Crippen molar-refractivity contribution >= 4 is 16.9 Å². The van der Waals surface area contributed by atoms with Crippen LogP contribution in [0.3, 0.4) is 0 Å². The van der Waals surface area contributed by atoms with Crippen LogP contribution >= 0.6 is 0 Å². The number of carbonyl (C=O) groups is 1. The van der Waals surface area contributed by atoms with E-state index in [4.69, 9.17) is 4.42 Å². The molecule has 106 valence electrons. The zero-order chi connectivity index (χ0) is 13.9. The molecule has 1 aromatic carbocycles. The summed E-state index contributed by atoms with van der Waals surface area (Å²) in [5, 5.41) is 7.46. The number of hydrogen-bond donors (Lipinski definition) is 2. The molecule has 1 aromatic heterocycles. The van der Waals surface area contributed by atoms with Crippen LogP contribution in [0.2, 0.25) is 0 Å². The number of furan rings is 1. The van der Waals surface area contributed by atoms with Crippen molar-refractivity contribution in [3.05, 3.63) is 35.6 Å². The molecule has 2 N–H and O–H groups in total. The molecule has 1 fully saturated rings. The number of amides is 1. The number of rotatable bonds is 3. The Bertz CT molecular complexity index is 612. The van der Waals surface area contributed by atoms with E-state index in [1.165, 1.54) is 5.56 Å². The summed E-state index contributed by atoms with van der Waals surface area (Å²) in [5.74, 6) is 0.0844. The average Bonchev–Trinajstić information content (AvgIpc) is 2.82. The summed E-state index contributed by atoms with van der Waals surface area (Å²) >= 11 is 0. The van der Waals surface area contributed by atoms with Gasteiger partial charge in [-0.3, -0.25) is 4.79 Å². The molecule has 0 unspecified atom stereocenters.